The minimum atomic E-state index is -1.87. The van der Waals surface area contributed by atoms with E-state index >= 15 is 0 Å². The van der Waals surface area contributed by atoms with Gasteiger partial charge in [0.2, 0.25) is 0 Å². The van der Waals surface area contributed by atoms with Gasteiger partial charge < -0.3 is 69.3 Å². The van der Waals surface area contributed by atoms with Crippen LogP contribution in [-0.4, -0.2) is 115 Å². The van der Waals surface area contributed by atoms with Crippen LogP contribution in [0.2, 0.25) is 0 Å². The Kier molecular flexibility index (Phi) is 8.54. The number of ether oxygens (including phenoxy) is 4. The third-order valence-electron chi connectivity index (χ3n) is 7.71. The Bertz CT molecular complexity index is 1540. The van der Waals surface area contributed by atoms with E-state index in [4.69, 9.17) is 23.4 Å². The van der Waals surface area contributed by atoms with Crippen LogP contribution in [0.1, 0.15) is 18.6 Å². The fourth-order valence-electron chi connectivity index (χ4n) is 5.34. The molecule has 0 amide bonds. The summed E-state index contributed by atoms with van der Waals surface area (Å²) in [5.74, 6) is -1.62. The van der Waals surface area contributed by atoms with E-state index in [-0.39, 0.29) is 28.4 Å². The molecule has 2 saturated heterocycles. The molecular weight excluding hydrogens is 576 g/mol. The van der Waals surface area contributed by atoms with Gasteiger partial charge in [-0.2, -0.15) is 0 Å². The van der Waals surface area contributed by atoms with Crippen molar-refractivity contribution in [3.63, 3.8) is 0 Å². The maximum Gasteiger partial charge on any atom is 0.197 e. The average molecular weight is 609 g/mol. The largest absolute Gasteiger partial charge is 0.507 e. The molecule has 15 nitrogen and oxygen atoms in total. The predicted molar refractivity (Wildman–Crippen MR) is 143 cm³/mol. The second-order valence-corrected chi connectivity index (χ2v) is 10.4. The highest BCUT2D eigenvalue weighted by Crippen LogP contribution is 2.45. The summed E-state index contributed by atoms with van der Waals surface area (Å²) < 4.78 is 28.1. The molecule has 10 atom stereocenters. The Hall–Kier alpha value is -3.51. The Morgan fingerprint density at radius 2 is 1.56 bits per heavy atom. The SMILES string of the molecule is COc1ccc(-c2cc(=O)c3c(O)cc(O)c([C@H]4O[C@@H](CO)[C@H](O)[C@H](O)[C@@H]4O[C@@H]4O[C@@H](C)[C@H](O)[C@H](O)[C@@H]4O)c3o2)cc1O. The van der Waals surface area contributed by atoms with Gasteiger partial charge in [0.15, 0.2) is 28.8 Å². The van der Waals surface area contributed by atoms with Crippen LogP contribution in [0.4, 0.5) is 0 Å². The van der Waals surface area contributed by atoms with Crippen LogP contribution in [0, 0.1) is 0 Å². The van der Waals surface area contributed by atoms with Crippen LogP contribution < -0.4 is 10.2 Å². The Labute approximate surface area is 242 Å². The molecule has 234 valence electrons. The summed E-state index contributed by atoms with van der Waals surface area (Å²) in [6, 6.07) is 6.00. The van der Waals surface area contributed by atoms with E-state index in [1.165, 1.54) is 32.2 Å². The van der Waals surface area contributed by atoms with E-state index in [2.05, 4.69) is 0 Å². The van der Waals surface area contributed by atoms with Gasteiger partial charge in [0.25, 0.3) is 0 Å². The number of fused-ring (bicyclic) bond motifs is 1. The molecule has 0 aliphatic carbocycles. The molecule has 3 heterocycles. The van der Waals surface area contributed by atoms with Crippen molar-refractivity contribution in [3.05, 3.63) is 46.1 Å². The molecule has 5 rings (SSSR count). The summed E-state index contributed by atoms with van der Waals surface area (Å²) >= 11 is 0. The number of hydrogen-bond acceptors (Lipinski definition) is 15. The van der Waals surface area contributed by atoms with Crippen molar-refractivity contribution in [1.29, 1.82) is 0 Å². The van der Waals surface area contributed by atoms with E-state index < -0.39 is 95.7 Å². The Balaban J connectivity index is 1.67. The summed E-state index contributed by atoms with van der Waals surface area (Å²) in [5, 5.41) is 93.9. The molecule has 9 N–H and O–H groups in total. The Morgan fingerprint density at radius 1 is 0.837 bits per heavy atom. The van der Waals surface area contributed by atoms with Gasteiger partial charge >= 0.3 is 0 Å². The maximum absolute atomic E-state index is 13.2. The van der Waals surface area contributed by atoms with Gasteiger partial charge in [0, 0.05) is 17.7 Å². The highest BCUT2D eigenvalue weighted by molar-refractivity contribution is 5.89. The van der Waals surface area contributed by atoms with Crippen molar-refractivity contribution < 1.29 is 69.3 Å². The lowest BCUT2D eigenvalue weighted by atomic mass is 9.89. The number of rotatable bonds is 6. The summed E-state index contributed by atoms with van der Waals surface area (Å²) in [6.07, 6.45) is -16.2. The van der Waals surface area contributed by atoms with Gasteiger partial charge in [-0.1, -0.05) is 0 Å². The van der Waals surface area contributed by atoms with Crippen molar-refractivity contribution in [3.8, 4) is 34.3 Å². The van der Waals surface area contributed by atoms with Gasteiger partial charge in [0.1, 0.15) is 71.5 Å². The highest BCUT2D eigenvalue weighted by atomic mass is 16.7. The van der Waals surface area contributed by atoms with E-state index in [0.717, 1.165) is 12.1 Å². The first-order valence-electron chi connectivity index (χ1n) is 13.3. The van der Waals surface area contributed by atoms with Crippen molar-refractivity contribution in [2.24, 2.45) is 0 Å². The van der Waals surface area contributed by atoms with Gasteiger partial charge in [-0.25, -0.2) is 0 Å². The van der Waals surface area contributed by atoms with Crippen LogP contribution in [-0.2, 0) is 14.2 Å². The molecule has 0 radical (unpaired) electrons. The van der Waals surface area contributed by atoms with Crippen LogP contribution >= 0.6 is 0 Å². The minimum absolute atomic E-state index is 0.119. The average Bonchev–Trinajstić information content (AvgIpc) is 2.97. The molecule has 15 heteroatoms. The standard InChI is InChI=1S/C28H32O15/c1-9-20(34)22(36)24(38)28(40-9)43-27-23(37)21(35)17(8-29)42-26(27)19-13(32)6-12(31)18-14(33)7-16(41-25(18)19)10-3-4-15(39-2)11(30)5-10/h3-7,9,17,20-24,26-32,34-38H,8H2,1-2H3/t9-,17-,20-,21-,22-,23-,24-,26+,27-,28-/m0/s1. The lowest BCUT2D eigenvalue weighted by Crippen LogP contribution is -2.61. The number of aromatic hydroxyl groups is 3. The zero-order valence-electron chi connectivity index (χ0n) is 22.8. The van der Waals surface area contributed by atoms with Gasteiger partial charge in [0.05, 0.1) is 25.4 Å². The molecule has 3 aromatic rings. The lowest BCUT2D eigenvalue weighted by molar-refractivity contribution is -0.338. The highest BCUT2D eigenvalue weighted by Gasteiger charge is 2.51. The molecule has 0 bridgehead atoms. The number of hydrogen-bond donors (Lipinski definition) is 9. The second-order valence-electron chi connectivity index (χ2n) is 10.4. The predicted octanol–water partition coefficient (Wildman–Crippen LogP) is -1.05. The van der Waals surface area contributed by atoms with Crippen molar-refractivity contribution in [2.75, 3.05) is 13.7 Å². The number of aliphatic hydroxyl groups is 6. The zero-order chi connectivity index (χ0) is 31.3. The number of aliphatic hydroxyl groups excluding tert-OH is 6. The summed E-state index contributed by atoms with van der Waals surface area (Å²) in [5.41, 5.74) is -1.34. The molecule has 0 unspecified atom stereocenters. The zero-order valence-corrected chi connectivity index (χ0v) is 22.8. The molecule has 2 aliphatic heterocycles. The molecular formula is C28H32O15. The number of phenols is 3. The number of methoxy groups -OCH3 is 1. The van der Waals surface area contributed by atoms with Crippen LogP contribution in [0.5, 0.6) is 23.0 Å². The molecule has 0 spiro atoms. The second kappa shape index (κ2) is 11.9. The molecule has 2 aromatic carbocycles. The topological polar surface area (TPSA) is 249 Å². The minimum Gasteiger partial charge on any atom is -0.507 e. The van der Waals surface area contributed by atoms with Gasteiger partial charge in [-0.05, 0) is 25.1 Å². The first kappa shape index (κ1) is 30.9. The summed E-state index contributed by atoms with van der Waals surface area (Å²) in [7, 11) is 1.34. The third kappa shape index (κ3) is 5.39. The van der Waals surface area contributed by atoms with E-state index in [1.807, 2.05) is 0 Å². The van der Waals surface area contributed by atoms with Gasteiger partial charge in [-0.15, -0.1) is 0 Å². The fraction of sp³-hybridized carbons (Fsp3) is 0.464. The van der Waals surface area contributed by atoms with Gasteiger partial charge in [-0.3, -0.25) is 4.79 Å². The normalized spacial score (nSPS) is 33.0. The molecule has 2 fully saturated rings. The first-order valence-corrected chi connectivity index (χ1v) is 13.3. The lowest BCUT2D eigenvalue weighted by Gasteiger charge is -2.46. The van der Waals surface area contributed by atoms with Crippen molar-refractivity contribution in [2.45, 2.75) is 68.1 Å². The fourth-order valence-corrected chi connectivity index (χ4v) is 5.34. The van der Waals surface area contributed by atoms with Crippen molar-refractivity contribution >= 4 is 11.0 Å². The molecule has 2 aliphatic rings. The molecule has 0 saturated carbocycles. The Morgan fingerprint density at radius 3 is 2.21 bits per heavy atom. The smallest absolute Gasteiger partial charge is 0.197 e. The summed E-state index contributed by atoms with van der Waals surface area (Å²) in [4.78, 5) is 13.2. The number of benzene rings is 2. The third-order valence-corrected chi connectivity index (χ3v) is 7.71. The van der Waals surface area contributed by atoms with Crippen LogP contribution in [0.15, 0.2) is 39.5 Å². The van der Waals surface area contributed by atoms with Crippen LogP contribution in [0.25, 0.3) is 22.3 Å². The van der Waals surface area contributed by atoms with E-state index in [9.17, 15) is 50.8 Å². The van der Waals surface area contributed by atoms with E-state index in [0.29, 0.717) is 0 Å². The maximum atomic E-state index is 13.2. The molecule has 43 heavy (non-hydrogen) atoms. The van der Waals surface area contributed by atoms with Crippen molar-refractivity contribution in [1.82, 2.24) is 0 Å². The quantitative estimate of drug-likeness (QED) is 0.162. The first-order chi connectivity index (χ1) is 20.4. The summed E-state index contributed by atoms with van der Waals surface area (Å²) in [6.45, 7) is 0.591. The number of phenolic OH excluding ortho intramolecular Hbond substituents is 3. The van der Waals surface area contributed by atoms with Crippen LogP contribution in [0.3, 0.4) is 0 Å². The molecule has 1 aromatic heterocycles. The monoisotopic (exact) mass is 608 g/mol. The van der Waals surface area contributed by atoms with E-state index in [1.54, 1.807) is 0 Å².